The molecule has 0 aliphatic rings. The van der Waals surface area contributed by atoms with Gasteiger partial charge in [-0.2, -0.15) is 0 Å². The van der Waals surface area contributed by atoms with E-state index in [0.717, 1.165) is 16.9 Å². The maximum Gasteiger partial charge on any atom is 0.348 e. The van der Waals surface area contributed by atoms with Gasteiger partial charge < -0.3 is 14.2 Å². The molecule has 0 spiro atoms. The Bertz CT molecular complexity index is 807. The minimum atomic E-state index is -0.778. The third-order valence-corrected chi connectivity index (χ3v) is 5.11. The normalized spacial score (nSPS) is 10.5. The number of esters is 3. The third-order valence-electron chi connectivity index (χ3n) is 3.64. The molecule has 0 saturated carbocycles. The van der Waals surface area contributed by atoms with Crippen molar-refractivity contribution in [2.24, 2.45) is 0 Å². The summed E-state index contributed by atoms with van der Waals surface area (Å²) >= 11 is 1.04. The molecule has 2 rings (SSSR count). The van der Waals surface area contributed by atoms with E-state index in [2.05, 4.69) is 0 Å². The van der Waals surface area contributed by atoms with Gasteiger partial charge >= 0.3 is 17.9 Å². The summed E-state index contributed by atoms with van der Waals surface area (Å²) < 4.78 is 14.9. The molecule has 1 heterocycles. The van der Waals surface area contributed by atoms with Crippen LogP contribution >= 0.6 is 11.3 Å². The molecular weight excluding hydrogens is 356 g/mol. The van der Waals surface area contributed by atoms with Crippen molar-refractivity contribution in [1.29, 1.82) is 0 Å². The minimum Gasteiger partial charge on any atom is -0.465 e. The van der Waals surface area contributed by atoms with Gasteiger partial charge in [0, 0.05) is 4.88 Å². The highest BCUT2D eigenvalue weighted by molar-refractivity contribution is 7.14. The molecule has 0 N–H and O–H groups in total. The number of carbonyl (C=O) groups excluding carboxylic acids is 3. The Morgan fingerprint density at radius 2 is 1.54 bits per heavy atom. The lowest BCUT2D eigenvalue weighted by Crippen LogP contribution is -2.16. The summed E-state index contributed by atoms with van der Waals surface area (Å²) in [4.78, 5) is 37.7. The second kappa shape index (κ2) is 8.62. The molecule has 138 valence electrons. The van der Waals surface area contributed by atoms with Crippen LogP contribution in [-0.4, -0.2) is 32.1 Å². The molecule has 0 amide bonds. The molecule has 7 heteroatoms. The first kappa shape index (κ1) is 19.7. The van der Waals surface area contributed by atoms with Gasteiger partial charge in [0.2, 0.25) is 0 Å². The summed E-state index contributed by atoms with van der Waals surface area (Å²) in [7, 11) is 2.40. The van der Waals surface area contributed by atoms with Crippen LogP contribution in [0.5, 0.6) is 0 Å². The lowest BCUT2D eigenvalue weighted by Gasteiger charge is -2.10. The molecule has 0 bridgehead atoms. The van der Waals surface area contributed by atoms with Gasteiger partial charge in [0.05, 0.1) is 25.3 Å². The molecule has 2 aromatic rings. The molecule has 0 aliphatic heterocycles. The van der Waals surface area contributed by atoms with E-state index in [-0.39, 0.29) is 28.5 Å². The van der Waals surface area contributed by atoms with E-state index in [4.69, 9.17) is 14.2 Å². The largest absolute Gasteiger partial charge is 0.465 e. The van der Waals surface area contributed by atoms with Crippen molar-refractivity contribution in [2.45, 2.75) is 26.4 Å². The molecule has 26 heavy (non-hydrogen) atoms. The Morgan fingerprint density at radius 1 is 0.923 bits per heavy atom. The molecule has 0 fully saturated rings. The molecular formula is C19H20O6S. The van der Waals surface area contributed by atoms with Crippen LogP contribution in [0, 0.1) is 0 Å². The van der Waals surface area contributed by atoms with Crippen molar-refractivity contribution < 1.29 is 28.6 Å². The molecule has 1 aromatic heterocycles. The maximum absolute atomic E-state index is 12.7. The van der Waals surface area contributed by atoms with Crippen LogP contribution in [0.25, 0.3) is 0 Å². The van der Waals surface area contributed by atoms with E-state index in [0.29, 0.717) is 4.88 Å². The Labute approximate surface area is 155 Å². The summed E-state index contributed by atoms with van der Waals surface area (Å²) in [5.74, 6) is -2.25. The van der Waals surface area contributed by atoms with Crippen LogP contribution in [0.4, 0.5) is 0 Å². The standard InChI is InChI=1S/C19H20O6S/c1-11(2)15-13(18(21)25-10-12-8-6-5-7-9-12)14(17(20)23-3)16(26-15)19(22)24-4/h5-9,11H,10H2,1-4H3. The molecule has 0 aliphatic carbocycles. The first-order chi connectivity index (χ1) is 12.4. The topological polar surface area (TPSA) is 78.9 Å². The Balaban J connectivity index is 2.46. The molecule has 1 aromatic carbocycles. The highest BCUT2D eigenvalue weighted by Gasteiger charge is 2.34. The average Bonchev–Trinajstić information content (AvgIpc) is 3.06. The number of rotatable bonds is 6. The number of thiophene rings is 1. The second-order valence-electron chi connectivity index (χ2n) is 5.75. The molecule has 0 saturated heterocycles. The highest BCUT2D eigenvalue weighted by atomic mass is 32.1. The maximum atomic E-state index is 12.7. The first-order valence-electron chi connectivity index (χ1n) is 7.95. The smallest absolute Gasteiger partial charge is 0.348 e. The Kier molecular flexibility index (Phi) is 6.52. The predicted molar refractivity (Wildman–Crippen MR) is 96.6 cm³/mol. The van der Waals surface area contributed by atoms with Gasteiger partial charge in [-0.05, 0) is 11.5 Å². The molecule has 6 nitrogen and oxygen atoms in total. The van der Waals surface area contributed by atoms with Gasteiger partial charge in [0.25, 0.3) is 0 Å². The van der Waals surface area contributed by atoms with E-state index in [9.17, 15) is 14.4 Å². The zero-order chi connectivity index (χ0) is 19.3. The lowest BCUT2D eigenvalue weighted by molar-refractivity contribution is 0.0456. The quantitative estimate of drug-likeness (QED) is 0.564. The summed E-state index contributed by atoms with van der Waals surface area (Å²) in [5, 5.41) is 0. The van der Waals surface area contributed by atoms with Gasteiger partial charge in [-0.1, -0.05) is 44.2 Å². The first-order valence-corrected chi connectivity index (χ1v) is 8.76. The molecule has 0 radical (unpaired) electrons. The van der Waals surface area contributed by atoms with Crippen LogP contribution in [0.2, 0.25) is 0 Å². The van der Waals surface area contributed by atoms with E-state index in [1.54, 1.807) is 0 Å². The lowest BCUT2D eigenvalue weighted by atomic mass is 10.0. The molecule has 0 atom stereocenters. The van der Waals surface area contributed by atoms with E-state index in [1.165, 1.54) is 14.2 Å². The summed E-state index contributed by atoms with van der Waals surface area (Å²) in [6.07, 6.45) is 0. The minimum absolute atomic E-state index is 0.0368. The van der Waals surface area contributed by atoms with Crippen molar-refractivity contribution in [1.82, 2.24) is 0 Å². The summed E-state index contributed by atoms with van der Waals surface area (Å²) in [6.45, 7) is 3.78. The number of methoxy groups -OCH3 is 2. The number of hydrogen-bond donors (Lipinski definition) is 0. The van der Waals surface area contributed by atoms with Crippen molar-refractivity contribution in [3.8, 4) is 0 Å². The summed E-state index contributed by atoms with van der Waals surface area (Å²) in [5.41, 5.74) is 0.772. The van der Waals surface area contributed by atoms with Gasteiger partial charge in [-0.25, -0.2) is 14.4 Å². The van der Waals surface area contributed by atoms with E-state index < -0.39 is 17.9 Å². The number of carbonyl (C=O) groups is 3. The zero-order valence-corrected chi connectivity index (χ0v) is 15.8. The van der Waals surface area contributed by atoms with Crippen molar-refractivity contribution in [3.63, 3.8) is 0 Å². The van der Waals surface area contributed by atoms with E-state index in [1.807, 2.05) is 44.2 Å². The van der Waals surface area contributed by atoms with Gasteiger partial charge in [-0.3, -0.25) is 0 Å². The van der Waals surface area contributed by atoms with Crippen molar-refractivity contribution >= 4 is 29.2 Å². The van der Waals surface area contributed by atoms with Crippen LogP contribution in [0.1, 0.15) is 60.6 Å². The van der Waals surface area contributed by atoms with E-state index >= 15 is 0 Å². The van der Waals surface area contributed by atoms with Gasteiger partial charge in [0.1, 0.15) is 11.5 Å². The van der Waals surface area contributed by atoms with Gasteiger partial charge in [0.15, 0.2) is 0 Å². The summed E-state index contributed by atoms with van der Waals surface area (Å²) in [6, 6.07) is 9.18. The fourth-order valence-electron chi connectivity index (χ4n) is 2.39. The second-order valence-corrected chi connectivity index (χ2v) is 6.80. The number of benzene rings is 1. The van der Waals surface area contributed by atoms with Gasteiger partial charge in [-0.15, -0.1) is 11.3 Å². The van der Waals surface area contributed by atoms with Crippen LogP contribution in [-0.2, 0) is 20.8 Å². The Morgan fingerprint density at radius 3 is 2.08 bits per heavy atom. The molecule has 0 unspecified atom stereocenters. The number of hydrogen-bond acceptors (Lipinski definition) is 7. The third kappa shape index (κ3) is 4.11. The highest BCUT2D eigenvalue weighted by Crippen LogP contribution is 2.35. The predicted octanol–water partition coefficient (Wildman–Crippen LogP) is 3.80. The van der Waals surface area contributed by atoms with Crippen LogP contribution in [0.15, 0.2) is 30.3 Å². The van der Waals surface area contributed by atoms with Crippen molar-refractivity contribution in [2.75, 3.05) is 14.2 Å². The average molecular weight is 376 g/mol. The SMILES string of the molecule is COC(=O)c1sc(C(C)C)c(C(=O)OCc2ccccc2)c1C(=O)OC. The Hall–Kier alpha value is -2.67. The number of ether oxygens (including phenoxy) is 3. The fourth-order valence-corrected chi connectivity index (χ4v) is 3.58. The van der Waals surface area contributed by atoms with Crippen LogP contribution in [0.3, 0.4) is 0 Å². The van der Waals surface area contributed by atoms with Crippen molar-refractivity contribution in [3.05, 3.63) is 56.8 Å². The van der Waals surface area contributed by atoms with Crippen LogP contribution < -0.4 is 0 Å². The fraction of sp³-hybridized carbons (Fsp3) is 0.316. The zero-order valence-electron chi connectivity index (χ0n) is 15.0. The monoisotopic (exact) mass is 376 g/mol.